The molecule has 2 rings (SSSR count). The second-order valence-electron chi connectivity index (χ2n) is 3.85. The summed E-state index contributed by atoms with van der Waals surface area (Å²) in [6.45, 7) is 1.96. The molecule has 1 aromatic heterocycles. The number of nitrogens with one attached hydrogen (secondary N) is 2. The van der Waals surface area contributed by atoms with Crippen molar-refractivity contribution in [2.75, 3.05) is 11.1 Å². The zero-order valence-corrected chi connectivity index (χ0v) is 9.90. The minimum absolute atomic E-state index is 0.00493. The summed E-state index contributed by atoms with van der Waals surface area (Å²) < 4.78 is 0. The van der Waals surface area contributed by atoms with E-state index in [0.29, 0.717) is 11.5 Å². The standard InChI is InChI=1S/C12H14N4O2/c1-2-7-6-14-16-11(7)15-12(18)9-5-8(17)3-4-10(9)13/h3-6,17H,2,13H2,1H3,(H2,14,15,16,18). The molecule has 1 aromatic carbocycles. The maximum atomic E-state index is 12.0. The summed E-state index contributed by atoms with van der Waals surface area (Å²) in [5.41, 5.74) is 7.13. The number of anilines is 2. The molecule has 0 saturated carbocycles. The Labute approximate surface area is 104 Å². The molecular weight excluding hydrogens is 232 g/mol. The van der Waals surface area contributed by atoms with Crippen LogP contribution in [0.25, 0.3) is 0 Å². The molecule has 0 bridgehead atoms. The van der Waals surface area contributed by atoms with Gasteiger partial charge in [0.2, 0.25) is 0 Å². The van der Waals surface area contributed by atoms with Crippen molar-refractivity contribution < 1.29 is 9.90 Å². The van der Waals surface area contributed by atoms with E-state index in [2.05, 4.69) is 15.5 Å². The highest BCUT2D eigenvalue weighted by Gasteiger charge is 2.13. The fourth-order valence-electron chi connectivity index (χ4n) is 1.61. The van der Waals surface area contributed by atoms with E-state index < -0.39 is 0 Å². The molecule has 0 aliphatic carbocycles. The van der Waals surface area contributed by atoms with Crippen molar-refractivity contribution in [1.82, 2.24) is 10.2 Å². The highest BCUT2D eigenvalue weighted by Crippen LogP contribution is 2.20. The third kappa shape index (κ3) is 2.27. The lowest BCUT2D eigenvalue weighted by atomic mass is 10.1. The van der Waals surface area contributed by atoms with Crippen molar-refractivity contribution in [1.29, 1.82) is 0 Å². The molecule has 0 spiro atoms. The van der Waals surface area contributed by atoms with Crippen molar-refractivity contribution in [3.8, 4) is 5.75 Å². The molecule has 5 N–H and O–H groups in total. The van der Waals surface area contributed by atoms with Crippen molar-refractivity contribution in [2.45, 2.75) is 13.3 Å². The van der Waals surface area contributed by atoms with Gasteiger partial charge < -0.3 is 16.2 Å². The highest BCUT2D eigenvalue weighted by atomic mass is 16.3. The van der Waals surface area contributed by atoms with Crippen molar-refractivity contribution in [2.24, 2.45) is 0 Å². The minimum atomic E-state index is -0.387. The fourth-order valence-corrected chi connectivity index (χ4v) is 1.61. The quantitative estimate of drug-likeness (QED) is 0.486. The maximum absolute atomic E-state index is 12.0. The van der Waals surface area contributed by atoms with Crippen molar-refractivity contribution in [3.63, 3.8) is 0 Å². The Bertz CT molecular complexity index is 577. The molecule has 0 aliphatic rings. The zero-order valence-electron chi connectivity index (χ0n) is 9.90. The lowest BCUT2D eigenvalue weighted by Crippen LogP contribution is -2.15. The smallest absolute Gasteiger partial charge is 0.259 e. The summed E-state index contributed by atoms with van der Waals surface area (Å²) in [5, 5.41) is 18.6. The third-order valence-corrected chi connectivity index (χ3v) is 2.62. The number of aromatic hydroxyl groups is 1. The first-order chi connectivity index (χ1) is 8.61. The first kappa shape index (κ1) is 12.0. The molecule has 0 radical (unpaired) electrons. The van der Waals surface area contributed by atoms with Gasteiger partial charge in [-0.2, -0.15) is 5.10 Å². The zero-order chi connectivity index (χ0) is 13.1. The second kappa shape index (κ2) is 4.79. The van der Waals surface area contributed by atoms with Crippen LogP contribution in [0.3, 0.4) is 0 Å². The number of hydrogen-bond donors (Lipinski definition) is 4. The number of carbonyl (C=O) groups excluding carboxylic acids is 1. The summed E-state index contributed by atoms with van der Waals surface area (Å²) in [6.07, 6.45) is 2.41. The van der Waals surface area contributed by atoms with Crippen LogP contribution in [0.4, 0.5) is 11.5 Å². The molecule has 0 fully saturated rings. The maximum Gasteiger partial charge on any atom is 0.259 e. The van der Waals surface area contributed by atoms with Gasteiger partial charge in [-0.1, -0.05) is 6.92 Å². The number of nitrogens with zero attached hydrogens (tertiary/aromatic N) is 1. The molecule has 0 unspecified atom stereocenters. The van der Waals surface area contributed by atoms with Crippen LogP contribution in [0.5, 0.6) is 5.75 Å². The molecule has 6 heteroatoms. The summed E-state index contributed by atoms with van der Waals surface area (Å²) >= 11 is 0. The Balaban J connectivity index is 2.25. The average Bonchev–Trinajstić information content (AvgIpc) is 2.79. The number of aromatic amines is 1. The number of phenolic OH excluding ortho intramolecular Hbond substituents is 1. The van der Waals surface area contributed by atoms with Crippen LogP contribution >= 0.6 is 0 Å². The van der Waals surface area contributed by atoms with E-state index in [1.54, 1.807) is 6.20 Å². The molecule has 0 saturated heterocycles. The molecular formula is C12H14N4O2. The van der Waals surface area contributed by atoms with E-state index >= 15 is 0 Å². The van der Waals surface area contributed by atoms with Crippen LogP contribution in [0.1, 0.15) is 22.8 Å². The summed E-state index contributed by atoms with van der Waals surface area (Å²) in [5.74, 6) is 0.155. The van der Waals surface area contributed by atoms with E-state index in [1.165, 1.54) is 18.2 Å². The van der Waals surface area contributed by atoms with Gasteiger partial charge in [0.25, 0.3) is 5.91 Å². The van der Waals surface area contributed by atoms with Crippen LogP contribution in [0.2, 0.25) is 0 Å². The molecule has 0 aliphatic heterocycles. The van der Waals surface area contributed by atoms with Crippen LogP contribution in [0.15, 0.2) is 24.4 Å². The monoisotopic (exact) mass is 246 g/mol. The van der Waals surface area contributed by atoms with Gasteiger partial charge in [-0.3, -0.25) is 9.89 Å². The molecule has 6 nitrogen and oxygen atoms in total. The number of aryl methyl sites for hydroxylation is 1. The number of H-pyrrole nitrogens is 1. The van der Waals surface area contributed by atoms with Crippen LogP contribution in [-0.2, 0) is 6.42 Å². The molecule has 94 valence electrons. The van der Waals surface area contributed by atoms with Gasteiger partial charge in [0.15, 0.2) is 0 Å². The topological polar surface area (TPSA) is 104 Å². The van der Waals surface area contributed by atoms with Crippen LogP contribution in [-0.4, -0.2) is 21.2 Å². The van der Waals surface area contributed by atoms with Crippen LogP contribution in [0, 0.1) is 0 Å². The summed E-state index contributed by atoms with van der Waals surface area (Å²) in [6, 6.07) is 4.24. The number of aromatic nitrogens is 2. The lowest BCUT2D eigenvalue weighted by Gasteiger charge is -2.07. The summed E-state index contributed by atoms with van der Waals surface area (Å²) in [7, 11) is 0. The normalized spacial score (nSPS) is 10.3. The number of benzene rings is 1. The van der Waals surface area contributed by atoms with Gasteiger partial charge in [-0.25, -0.2) is 0 Å². The SMILES string of the molecule is CCc1cn[nH]c1NC(=O)c1cc(O)ccc1N. The summed E-state index contributed by atoms with van der Waals surface area (Å²) in [4.78, 5) is 12.0. The average molecular weight is 246 g/mol. The van der Waals surface area contributed by atoms with Gasteiger partial charge in [0.05, 0.1) is 11.8 Å². The number of hydrogen-bond acceptors (Lipinski definition) is 4. The molecule has 1 heterocycles. The Morgan fingerprint density at radius 3 is 3.06 bits per heavy atom. The molecule has 2 aromatic rings. The van der Waals surface area contributed by atoms with Gasteiger partial charge in [-0.15, -0.1) is 0 Å². The number of rotatable bonds is 3. The molecule has 1 amide bonds. The van der Waals surface area contributed by atoms with E-state index in [0.717, 1.165) is 12.0 Å². The van der Waals surface area contributed by atoms with Gasteiger partial charge in [0, 0.05) is 11.3 Å². The van der Waals surface area contributed by atoms with Crippen molar-refractivity contribution in [3.05, 3.63) is 35.5 Å². The predicted molar refractivity (Wildman–Crippen MR) is 68.4 cm³/mol. The van der Waals surface area contributed by atoms with E-state index in [1.807, 2.05) is 6.92 Å². The molecule has 18 heavy (non-hydrogen) atoms. The third-order valence-electron chi connectivity index (χ3n) is 2.62. The van der Waals surface area contributed by atoms with Crippen molar-refractivity contribution >= 4 is 17.4 Å². The fraction of sp³-hybridized carbons (Fsp3) is 0.167. The first-order valence-electron chi connectivity index (χ1n) is 5.54. The van der Waals surface area contributed by atoms with E-state index in [9.17, 15) is 9.90 Å². The number of amides is 1. The van der Waals surface area contributed by atoms with Gasteiger partial charge >= 0.3 is 0 Å². The number of phenols is 1. The first-order valence-corrected chi connectivity index (χ1v) is 5.54. The number of nitrogen functional groups attached to an aromatic ring is 1. The Morgan fingerprint density at radius 1 is 1.56 bits per heavy atom. The Morgan fingerprint density at radius 2 is 2.33 bits per heavy atom. The van der Waals surface area contributed by atoms with Gasteiger partial charge in [0.1, 0.15) is 11.6 Å². The van der Waals surface area contributed by atoms with E-state index in [4.69, 9.17) is 5.73 Å². The Kier molecular flexibility index (Phi) is 3.18. The lowest BCUT2D eigenvalue weighted by molar-refractivity contribution is 0.102. The molecule has 0 atom stereocenters. The minimum Gasteiger partial charge on any atom is -0.508 e. The van der Waals surface area contributed by atoms with E-state index in [-0.39, 0.29) is 17.2 Å². The van der Waals surface area contributed by atoms with Crippen LogP contribution < -0.4 is 11.1 Å². The largest absolute Gasteiger partial charge is 0.508 e. The van der Waals surface area contributed by atoms with Gasteiger partial charge in [-0.05, 0) is 24.6 Å². The second-order valence-corrected chi connectivity index (χ2v) is 3.85. The number of nitrogens with two attached hydrogens (primary N) is 1. The predicted octanol–water partition coefficient (Wildman–Crippen LogP) is 1.51. The highest BCUT2D eigenvalue weighted by molar-refractivity contribution is 6.07. The Hall–Kier alpha value is -2.50. The number of carbonyl (C=O) groups is 1.